The van der Waals surface area contributed by atoms with Gasteiger partial charge in [-0.05, 0) is 27.7 Å². The Bertz CT molecular complexity index is 302. The second-order valence-electron chi connectivity index (χ2n) is 4.77. The van der Waals surface area contributed by atoms with E-state index in [0.717, 1.165) is 31.0 Å². The van der Waals surface area contributed by atoms with Crippen LogP contribution in [0.3, 0.4) is 0 Å². The molecule has 4 heteroatoms. The number of nitrogens with zero attached hydrogens (tertiary/aromatic N) is 1. The summed E-state index contributed by atoms with van der Waals surface area (Å²) in [6.07, 6.45) is 2.29. The summed E-state index contributed by atoms with van der Waals surface area (Å²) in [7, 11) is 0. The zero-order valence-electron chi connectivity index (χ0n) is 10.7. The number of ether oxygens (including phenoxy) is 1. The lowest BCUT2D eigenvalue weighted by atomic mass is 10.1. The van der Waals surface area contributed by atoms with E-state index >= 15 is 0 Å². The molecule has 0 unspecified atom stereocenters. The topological polar surface area (TPSA) is 47.3 Å². The Morgan fingerprint density at radius 3 is 2.81 bits per heavy atom. The lowest BCUT2D eigenvalue weighted by Gasteiger charge is -2.19. The zero-order chi connectivity index (χ0) is 12.0. The zero-order valence-corrected chi connectivity index (χ0v) is 10.7. The SMILES string of the molecule is CCOCCc1ocnc1CNC(C)(C)C. The number of hydrogen-bond donors (Lipinski definition) is 1. The molecule has 1 aromatic heterocycles. The Balaban J connectivity index is 2.44. The number of hydrogen-bond acceptors (Lipinski definition) is 4. The van der Waals surface area contributed by atoms with Gasteiger partial charge < -0.3 is 14.5 Å². The third-order valence-corrected chi connectivity index (χ3v) is 2.19. The quantitative estimate of drug-likeness (QED) is 0.755. The molecule has 0 amide bonds. The highest BCUT2D eigenvalue weighted by Crippen LogP contribution is 2.09. The average molecular weight is 226 g/mol. The molecule has 4 nitrogen and oxygen atoms in total. The van der Waals surface area contributed by atoms with Gasteiger partial charge in [0.2, 0.25) is 0 Å². The van der Waals surface area contributed by atoms with Crippen molar-refractivity contribution in [2.75, 3.05) is 13.2 Å². The number of aromatic nitrogens is 1. The lowest BCUT2D eigenvalue weighted by Crippen LogP contribution is -2.35. The summed E-state index contributed by atoms with van der Waals surface area (Å²) >= 11 is 0. The molecule has 1 N–H and O–H groups in total. The van der Waals surface area contributed by atoms with Crippen LogP contribution >= 0.6 is 0 Å². The monoisotopic (exact) mass is 226 g/mol. The van der Waals surface area contributed by atoms with E-state index in [-0.39, 0.29) is 5.54 Å². The first-order chi connectivity index (χ1) is 7.53. The number of nitrogens with one attached hydrogen (secondary N) is 1. The standard InChI is InChI=1S/C12H22N2O2/c1-5-15-7-6-11-10(13-9-16-11)8-14-12(2,3)4/h9,14H,5-8H2,1-4H3. The van der Waals surface area contributed by atoms with Crippen LogP contribution in [-0.4, -0.2) is 23.7 Å². The van der Waals surface area contributed by atoms with Crippen LogP contribution in [-0.2, 0) is 17.7 Å². The van der Waals surface area contributed by atoms with Crippen LogP contribution in [0.4, 0.5) is 0 Å². The second kappa shape index (κ2) is 6.01. The summed E-state index contributed by atoms with van der Waals surface area (Å²) in [5, 5.41) is 3.39. The normalized spacial score (nSPS) is 12.0. The van der Waals surface area contributed by atoms with E-state index in [2.05, 4.69) is 31.1 Å². The van der Waals surface area contributed by atoms with E-state index in [9.17, 15) is 0 Å². The molecule has 92 valence electrons. The molecule has 0 bridgehead atoms. The van der Waals surface area contributed by atoms with Crippen LogP contribution in [0.5, 0.6) is 0 Å². The van der Waals surface area contributed by atoms with Crippen molar-refractivity contribution in [1.29, 1.82) is 0 Å². The van der Waals surface area contributed by atoms with Crippen molar-refractivity contribution in [2.24, 2.45) is 0 Å². The highest BCUT2D eigenvalue weighted by Gasteiger charge is 2.13. The molecule has 1 rings (SSSR count). The average Bonchev–Trinajstić information content (AvgIpc) is 2.62. The van der Waals surface area contributed by atoms with Crippen LogP contribution in [0.15, 0.2) is 10.8 Å². The molecule has 1 heterocycles. The van der Waals surface area contributed by atoms with E-state index in [1.807, 2.05) is 6.92 Å². The first-order valence-corrected chi connectivity index (χ1v) is 5.77. The van der Waals surface area contributed by atoms with Crippen LogP contribution in [0.1, 0.15) is 39.1 Å². The van der Waals surface area contributed by atoms with E-state index in [4.69, 9.17) is 9.15 Å². The Morgan fingerprint density at radius 2 is 2.19 bits per heavy atom. The van der Waals surface area contributed by atoms with Crippen molar-refractivity contribution in [2.45, 2.75) is 46.2 Å². The van der Waals surface area contributed by atoms with Crippen molar-refractivity contribution in [1.82, 2.24) is 10.3 Å². The maximum Gasteiger partial charge on any atom is 0.181 e. The third kappa shape index (κ3) is 4.77. The summed E-state index contributed by atoms with van der Waals surface area (Å²) in [6, 6.07) is 0. The first-order valence-electron chi connectivity index (χ1n) is 5.77. The van der Waals surface area contributed by atoms with E-state index < -0.39 is 0 Å². The van der Waals surface area contributed by atoms with Gasteiger partial charge in [-0.15, -0.1) is 0 Å². The molecule has 0 aliphatic rings. The molecule has 16 heavy (non-hydrogen) atoms. The molecule has 0 fully saturated rings. The van der Waals surface area contributed by atoms with Gasteiger partial charge in [0.05, 0.1) is 12.3 Å². The first kappa shape index (κ1) is 13.2. The molecule has 0 aromatic carbocycles. The molecule has 0 atom stereocenters. The van der Waals surface area contributed by atoms with Crippen molar-refractivity contribution < 1.29 is 9.15 Å². The molecule has 0 saturated heterocycles. The van der Waals surface area contributed by atoms with E-state index in [1.165, 1.54) is 6.39 Å². The smallest absolute Gasteiger partial charge is 0.181 e. The minimum absolute atomic E-state index is 0.0934. The number of oxazole rings is 1. The molecule has 1 aromatic rings. The summed E-state index contributed by atoms with van der Waals surface area (Å²) < 4.78 is 10.6. The van der Waals surface area contributed by atoms with Gasteiger partial charge in [0, 0.05) is 25.1 Å². The fourth-order valence-corrected chi connectivity index (χ4v) is 1.30. The van der Waals surface area contributed by atoms with Gasteiger partial charge in [-0.25, -0.2) is 4.98 Å². The van der Waals surface area contributed by atoms with Crippen molar-refractivity contribution >= 4 is 0 Å². The minimum Gasteiger partial charge on any atom is -0.448 e. The molecule has 0 aliphatic heterocycles. The Morgan fingerprint density at radius 1 is 1.44 bits per heavy atom. The second-order valence-corrected chi connectivity index (χ2v) is 4.77. The highest BCUT2D eigenvalue weighted by molar-refractivity contribution is 5.07. The van der Waals surface area contributed by atoms with Gasteiger partial charge >= 0.3 is 0 Å². The van der Waals surface area contributed by atoms with Crippen LogP contribution in [0.25, 0.3) is 0 Å². The third-order valence-electron chi connectivity index (χ3n) is 2.19. The maximum atomic E-state index is 5.35. The molecular formula is C12H22N2O2. The fraction of sp³-hybridized carbons (Fsp3) is 0.750. The Kier molecular flexibility index (Phi) is 4.96. The predicted molar refractivity (Wildman–Crippen MR) is 63.3 cm³/mol. The summed E-state index contributed by atoms with van der Waals surface area (Å²) in [5.41, 5.74) is 1.07. The molecule has 0 spiro atoms. The maximum absolute atomic E-state index is 5.35. The minimum atomic E-state index is 0.0934. The van der Waals surface area contributed by atoms with Crippen molar-refractivity contribution in [3.05, 3.63) is 17.8 Å². The largest absolute Gasteiger partial charge is 0.448 e. The molecular weight excluding hydrogens is 204 g/mol. The van der Waals surface area contributed by atoms with Gasteiger partial charge in [0.15, 0.2) is 6.39 Å². The van der Waals surface area contributed by atoms with Crippen LogP contribution in [0.2, 0.25) is 0 Å². The summed E-state index contributed by atoms with van der Waals surface area (Å²) in [5.74, 6) is 0.921. The summed E-state index contributed by atoms with van der Waals surface area (Å²) in [4.78, 5) is 4.21. The van der Waals surface area contributed by atoms with Gasteiger partial charge in [-0.1, -0.05) is 0 Å². The molecule has 0 radical (unpaired) electrons. The fourth-order valence-electron chi connectivity index (χ4n) is 1.30. The van der Waals surface area contributed by atoms with E-state index in [0.29, 0.717) is 6.61 Å². The van der Waals surface area contributed by atoms with E-state index in [1.54, 1.807) is 0 Å². The van der Waals surface area contributed by atoms with Gasteiger partial charge in [0.1, 0.15) is 5.76 Å². The number of rotatable bonds is 6. The Labute approximate surface area is 97.4 Å². The molecule has 0 aliphatic carbocycles. The lowest BCUT2D eigenvalue weighted by molar-refractivity contribution is 0.146. The summed E-state index contributed by atoms with van der Waals surface area (Å²) in [6.45, 7) is 10.6. The Hall–Kier alpha value is -0.870. The van der Waals surface area contributed by atoms with Gasteiger partial charge in [-0.2, -0.15) is 0 Å². The molecule has 0 saturated carbocycles. The van der Waals surface area contributed by atoms with Crippen LogP contribution < -0.4 is 5.32 Å². The van der Waals surface area contributed by atoms with Crippen molar-refractivity contribution in [3.8, 4) is 0 Å². The predicted octanol–water partition coefficient (Wildman–Crippen LogP) is 2.14. The van der Waals surface area contributed by atoms with Crippen LogP contribution in [0, 0.1) is 0 Å². The highest BCUT2D eigenvalue weighted by atomic mass is 16.5. The van der Waals surface area contributed by atoms with Crippen molar-refractivity contribution in [3.63, 3.8) is 0 Å². The van der Waals surface area contributed by atoms with Gasteiger partial charge in [-0.3, -0.25) is 0 Å². The van der Waals surface area contributed by atoms with Gasteiger partial charge in [0.25, 0.3) is 0 Å².